The minimum atomic E-state index is -0.936. The second-order valence-electron chi connectivity index (χ2n) is 6.31. The van der Waals surface area contributed by atoms with Gasteiger partial charge < -0.3 is 14.8 Å². The van der Waals surface area contributed by atoms with Crippen molar-refractivity contribution in [1.29, 1.82) is 0 Å². The molecule has 25 heavy (non-hydrogen) atoms. The molecule has 0 radical (unpaired) electrons. The van der Waals surface area contributed by atoms with E-state index in [0.717, 1.165) is 12.0 Å². The molecule has 0 aromatic heterocycles. The van der Waals surface area contributed by atoms with E-state index in [0.29, 0.717) is 24.4 Å². The van der Waals surface area contributed by atoms with E-state index in [1.54, 1.807) is 12.1 Å². The van der Waals surface area contributed by atoms with Crippen LogP contribution in [-0.4, -0.2) is 37.1 Å². The molecule has 1 fully saturated rings. The molecule has 6 nitrogen and oxygen atoms in total. The highest BCUT2D eigenvalue weighted by Gasteiger charge is 2.44. The Morgan fingerprint density at radius 1 is 1.28 bits per heavy atom. The third-order valence-corrected chi connectivity index (χ3v) is 4.60. The maximum absolute atomic E-state index is 12.7. The van der Waals surface area contributed by atoms with Gasteiger partial charge in [0.2, 0.25) is 0 Å². The van der Waals surface area contributed by atoms with Crippen LogP contribution in [-0.2, 0) is 30.3 Å². The Kier molecular flexibility index (Phi) is 6.56. The van der Waals surface area contributed by atoms with Crippen LogP contribution in [0.15, 0.2) is 24.3 Å². The van der Waals surface area contributed by atoms with Gasteiger partial charge in [-0.05, 0) is 37.1 Å². The van der Waals surface area contributed by atoms with Crippen molar-refractivity contribution < 1.29 is 23.9 Å². The molecule has 1 saturated heterocycles. The number of rotatable bonds is 6. The molecule has 1 N–H and O–H groups in total. The average molecular weight is 368 g/mol. The molecule has 1 heterocycles. The van der Waals surface area contributed by atoms with Gasteiger partial charge in [-0.25, -0.2) is 4.79 Å². The van der Waals surface area contributed by atoms with Crippen LogP contribution in [0, 0.1) is 5.92 Å². The fourth-order valence-electron chi connectivity index (χ4n) is 2.86. The van der Waals surface area contributed by atoms with Crippen LogP contribution in [0.25, 0.3) is 0 Å². The molecule has 1 aliphatic rings. The summed E-state index contributed by atoms with van der Waals surface area (Å²) >= 11 is 5.89. The zero-order valence-electron chi connectivity index (χ0n) is 14.3. The first-order valence-electron chi connectivity index (χ1n) is 8.19. The lowest BCUT2D eigenvalue weighted by Gasteiger charge is -2.27. The first kappa shape index (κ1) is 19.4. The average Bonchev–Trinajstić information content (AvgIpc) is 3.06. The van der Waals surface area contributed by atoms with Crippen molar-refractivity contribution in [2.24, 2.45) is 5.92 Å². The van der Waals surface area contributed by atoms with Crippen molar-refractivity contribution in [3.8, 4) is 0 Å². The lowest BCUT2D eigenvalue weighted by atomic mass is 9.89. The smallest absolute Gasteiger partial charge is 0.334 e. The van der Waals surface area contributed by atoms with Crippen molar-refractivity contribution in [3.63, 3.8) is 0 Å². The summed E-state index contributed by atoms with van der Waals surface area (Å²) in [5, 5.41) is 3.80. The Hall–Kier alpha value is -1.92. The molecule has 1 aromatic rings. The van der Waals surface area contributed by atoms with Crippen molar-refractivity contribution in [3.05, 3.63) is 34.9 Å². The summed E-state index contributed by atoms with van der Waals surface area (Å²) in [5.41, 5.74) is -0.0140. The van der Waals surface area contributed by atoms with Gasteiger partial charge in [0, 0.05) is 11.4 Å². The van der Waals surface area contributed by atoms with Gasteiger partial charge in [0.15, 0.2) is 0 Å². The number of ether oxygens (including phenoxy) is 2. The Labute approximate surface area is 151 Å². The fourth-order valence-corrected chi connectivity index (χ4v) is 2.99. The third-order valence-electron chi connectivity index (χ3n) is 4.35. The van der Waals surface area contributed by atoms with E-state index in [-0.39, 0.29) is 6.42 Å². The van der Waals surface area contributed by atoms with Gasteiger partial charge in [0.1, 0.15) is 5.54 Å². The SMILES string of the molecule is COC(=O)CC(C)C(=O)OC(=O)[C@]1(Cc2ccc(Cl)cc2)CCCN1. The van der Waals surface area contributed by atoms with Crippen LogP contribution in [0.4, 0.5) is 0 Å². The van der Waals surface area contributed by atoms with Crippen LogP contribution in [0.3, 0.4) is 0 Å². The summed E-state index contributed by atoms with van der Waals surface area (Å²) in [6, 6.07) is 7.21. The van der Waals surface area contributed by atoms with Gasteiger partial charge in [-0.2, -0.15) is 0 Å². The van der Waals surface area contributed by atoms with E-state index in [2.05, 4.69) is 10.1 Å². The van der Waals surface area contributed by atoms with Gasteiger partial charge in [0.25, 0.3) is 0 Å². The molecule has 1 unspecified atom stereocenters. The summed E-state index contributed by atoms with van der Waals surface area (Å²) < 4.78 is 9.60. The molecule has 2 rings (SSSR count). The first-order valence-corrected chi connectivity index (χ1v) is 8.56. The molecule has 1 aliphatic heterocycles. The number of nitrogens with one attached hydrogen (secondary N) is 1. The van der Waals surface area contributed by atoms with E-state index in [1.807, 2.05) is 12.1 Å². The minimum Gasteiger partial charge on any atom is -0.469 e. The van der Waals surface area contributed by atoms with Crippen LogP contribution >= 0.6 is 11.6 Å². The number of halogens is 1. The van der Waals surface area contributed by atoms with Crippen molar-refractivity contribution in [2.45, 2.75) is 38.1 Å². The fraction of sp³-hybridized carbons (Fsp3) is 0.500. The number of hydrogen-bond donors (Lipinski definition) is 1. The Balaban J connectivity index is 2.05. The normalized spacial score (nSPS) is 20.8. The quantitative estimate of drug-likeness (QED) is 0.613. The number of carbonyl (C=O) groups excluding carboxylic acids is 3. The van der Waals surface area contributed by atoms with Gasteiger partial charge in [-0.15, -0.1) is 0 Å². The van der Waals surface area contributed by atoms with Gasteiger partial charge in [-0.3, -0.25) is 9.59 Å². The third kappa shape index (κ3) is 5.03. The van der Waals surface area contributed by atoms with Crippen LogP contribution in [0.1, 0.15) is 31.7 Å². The predicted octanol–water partition coefficient (Wildman–Crippen LogP) is 2.27. The van der Waals surface area contributed by atoms with E-state index >= 15 is 0 Å². The lowest BCUT2D eigenvalue weighted by Crippen LogP contribution is -2.51. The summed E-state index contributed by atoms with van der Waals surface area (Å²) in [7, 11) is 1.25. The molecule has 2 atom stereocenters. The van der Waals surface area contributed by atoms with Gasteiger partial charge in [0.05, 0.1) is 19.4 Å². The molecule has 0 bridgehead atoms. The monoisotopic (exact) mass is 367 g/mol. The maximum Gasteiger partial charge on any atom is 0.334 e. The molecule has 0 aliphatic carbocycles. The molecule has 0 spiro atoms. The van der Waals surface area contributed by atoms with E-state index < -0.39 is 29.4 Å². The van der Waals surface area contributed by atoms with Crippen LogP contribution in [0.5, 0.6) is 0 Å². The zero-order chi connectivity index (χ0) is 18.4. The van der Waals surface area contributed by atoms with Gasteiger partial charge in [-0.1, -0.05) is 30.7 Å². The zero-order valence-corrected chi connectivity index (χ0v) is 15.1. The predicted molar refractivity (Wildman–Crippen MR) is 92.0 cm³/mol. The number of benzene rings is 1. The summed E-state index contributed by atoms with van der Waals surface area (Å²) in [6.45, 7) is 2.20. The number of methoxy groups -OCH3 is 1. The molecular formula is C18H22ClNO5. The van der Waals surface area contributed by atoms with Crippen molar-refractivity contribution >= 4 is 29.5 Å². The van der Waals surface area contributed by atoms with E-state index in [1.165, 1.54) is 14.0 Å². The van der Waals surface area contributed by atoms with Crippen molar-refractivity contribution in [1.82, 2.24) is 5.32 Å². The number of esters is 3. The maximum atomic E-state index is 12.7. The first-order chi connectivity index (χ1) is 11.9. The molecule has 0 amide bonds. The second kappa shape index (κ2) is 8.45. The van der Waals surface area contributed by atoms with Gasteiger partial charge >= 0.3 is 17.9 Å². The molecular weight excluding hydrogens is 346 g/mol. The highest BCUT2D eigenvalue weighted by molar-refractivity contribution is 6.30. The topological polar surface area (TPSA) is 81.7 Å². The lowest BCUT2D eigenvalue weighted by molar-refractivity contribution is -0.168. The Bertz CT molecular complexity index is 637. The minimum absolute atomic E-state index is 0.125. The Morgan fingerprint density at radius 2 is 1.96 bits per heavy atom. The second-order valence-corrected chi connectivity index (χ2v) is 6.74. The molecule has 0 saturated carbocycles. The summed E-state index contributed by atoms with van der Waals surface area (Å²) in [5.74, 6) is -2.60. The number of carbonyl (C=O) groups is 3. The van der Waals surface area contributed by atoms with E-state index in [9.17, 15) is 14.4 Å². The van der Waals surface area contributed by atoms with E-state index in [4.69, 9.17) is 16.3 Å². The summed E-state index contributed by atoms with van der Waals surface area (Å²) in [4.78, 5) is 36.0. The molecule has 7 heteroatoms. The van der Waals surface area contributed by atoms with Crippen LogP contribution < -0.4 is 5.32 Å². The largest absolute Gasteiger partial charge is 0.469 e. The van der Waals surface area contributed by atoms with Crippen LogP contribution in [0.2, 0.25) is 5.02 Å². The molecule has 136 valence electrons. The summed E-state index contributed by atoms with van der Waals surface area (Å²) in [6.07, 6.45) is 1.67. The Morgan fingerprint density at radius 3 is 2.52 bits per heavy atom. The standard InChI is InChI=1S/C18H22ClNO5/c1-12(10-15(21)24-2)16(22)25-17(23)18(8-3-9-20-18)11-13-4-6-14(19)7-5-13/h4-7,12,20H,3,8-11H2,1-2H3/t12?,18-/m1/s1. The highest BCUT2D eigenvalue weighted by Crippen LogP contribution is 2.27. The highest BCUT2D eigenvalue weighted by atomic mass is 35.5. The molecule has 1 aromatic carbocycles. The number of hydrogen-bond acceptors (Lipinski definition) is 6. The van der Waals surface area contributed by atoms with Crippen molar-refractivity contribution in [2.75, 3.05) is 13.7 Å².